The predicted octanol–water partition coefficient (Wildman–Crippen LogP) is 3.66. The molecule has 1 aliphatic heterocycles. The van der Waals surface area contributed by atoms with Crippen molar-refractivity contribution in [3.05, 3.63) is 59.7 Å². The lowest BCUT2D eigenvalue weighted by molar-refractivity contribution is -0.121. The second-order valence-corrected chi connectivity index (χ2v) is 5.92. The van der Waals surface area contributed by atoms with E-state index in [0.717, 1.165) is 29.9 Å². The fourth-order valence-electron chi connectivity index (χ4n) is 2.80. The molecule has 0 saturated carbocycles. The molecule has 0 aromatic heterocycles. The Morgan fingerprint density at radius 3 is 2.58 bits per heavy atom. The molecular formula is C20H23NO3. The molecule has 1 aliphatic rings. The molecule has 1 N–H and O–H groups in total. The molecule has 0 bridgehead atoms. The second kappa shape index (κ2) is 7.86. The van der Waals surface area contributed by atoms with Gasteiger partial charge in [-0.2, -0.15) is 0 Å². The average molecular weight is 325 g/mol. The summed E-state index contributed by atoms with van der Waals surface area (Å²) in [5, 5.41) is 3.12. The Kier molecular flexibility index (Phi) is 5.36. The van der Waals surface area contributed by atoms with Crippen LogP contribution in [-0.4, -0.2) is 19.1 Å². The van der Waals surface area contributed by atoms with Gasteiger partial charge in [-0.05, 0) is 29.7 Å². The topological polar surface area (TPSA) is 47.6 Å². The van der Waals surface area contributed by atoms with Crippen molar-refractivity contribution in [1.29, 1.82) is 0 Å². The van der Waals surface area contributed by atoms with E-state index in [-0.39, 0.29) is 11.9 Å². The van der Waals surface area contributed by atoms with Crippen molar-refractivity contribution >= 4 is 5.91 Å². The van der Waals surface area contributed by atoms with Gasteiger partial charge in [0.2, 0.25) is 5.91 Å². The fraction of sp³-hybridized carbons (Fsp3) is 0.350. The van der Waals surface area contributed by atoms with Crippen LogP contribution in [0, 0.1) is 0 Å². The molecule has 2 aromatic carbocycles. The van der Waals surface area contributed by atoms with E-state index < -0.39 is 0 Å². The van der Waals surface area contributed by atoms with Crippen molar-refractivity contribution in [2.24, 2.45) is 0 Å². The van der Waals surface area contributed by atoms with E-state index in [2.05, 4.69) is 17.4 Å². The first-order chi connectivity index (χ1) is 11.8. The van der Waals surface area contributed by atoms with Gasteiger partial charge in [-0.3, -0.25) is 4.79 Å². The van der Waals surface area contributed by atoms with Crippen LogP contribution in [0.15, 0.2) is 48.5 Å². The third kappa shape index (κ3) is 4.07. The van der Waals surface area contributed by atoms with Crippen LogP contribution in [0.4, 0.5) is 0 Å². The quantitative estimate of drug-likeness (QED) is 0.912. The molecule has 0 aliphatic carbocycles. The highest BCUT2D eigenvalue weighted by atomic mass is 16.5. The predicted molar refractivity (Wildman–Crippen MR) is 93.4 cm³/mol. The SMILES string of the molecule is CCC(=O)N[C@H](Cc1ccccc1)c1ccc2c(c1)OCCCO2. The standard InChI is InChI=1S/C20H23NO3/c1-2-20(22)21-17(13-15-7-4-3-5-8-15)16-9-10-18-19(14-16)24-12-6-11-23-18/h3-5,7-10,14,17H,2,6,11-13H2,1H3,(H,21,22)/t17-/m1/s1. The maximum atomic E-state index is 12.0. The Hall–Kier alpha value is -2.49. The molecule has 3 rings (SSSR count). The minimum absolute atomic E-state index is 0.0445. The molecule has 1 heterocycles. The minimum Gasteiger partial charge on any atom is -0.490 e. The number of ether oxygens (including phenoxy) is 2. The smallest absolute Gasteiger partial charge is 0.220 e. The van der Waals surface area contributed by atoms with E-state index in [0.29, 0.717) is 19.6 Å². The number of nitrogens with one attached hydrogen (secondary N) is 1. The van der Waals surface area contributed by atoms with Crippen molar-refractivity contribution in [3.63, 3.8) is 0 Å². The van der Waals surface area contributed by atoms with Gasteiger partial charge in [-0.1, -0.05) is 43.3 Å². The molecule has 2 aromatic rings. The number of carbonyl (C=O) groups excluding carboxylic acids is 1. The molecule has 24 heavy (non-hydrogen) atoms. The van der Waals surface area contributed by atoms with Gasteiger partial charge in [0.15, 0.2) is 11.5 Å². The van der Waals surface area contributed by atoms with Gasteiger partial charge in [0, 0.05) is 12.8 Å². The minimum atomic E-state index is -0.0861. The average Bonchev–Trinajstić information content (AvgIpc) is 2.86. The van der Waals surface area contributed by atoms with E-state index in [9.17, 15) is 4.79 Å². The Morgan fingerprint density at radius 2 is 1.83 bits per heavy atom. The first kappa shape index (κ1) is 16.4. The van der Waals surface area contributed by atoms with Gasteiger partial charge in [0.25, 0.3) is 0 Å². The highest BCUT2D eigenvalue weighted by Crippen LogP contribution is 2.33. The third-order valence-electron chi connectivity index (χ3n) is 4.11. The van der Waals surface area contributed by atoms with E-state index >= 15 is 0 Å². The number of rotatable bonds is 5. The molecule has 4 nitrogen and oxygen atoms in total. The molecule has 0 radical (unpaired) electrons. The van der Waals surface area contributed by atoms with Crippen LogP contribution in [0.1, 0.15) is 36.9 Å². The van der Waals surface area contributed by atoms with Crippen molar-refractivity contribution in [3.8, 4) is 11.5 Å². The molecule has 0 unspecified atom stereocenters. The molecule has 0 saturated heterocycles. The number of hydrogen-bond acceptors (Lipinski definition) is 3. The van der Waals surface area contributed by atoms with Crippen LogP contribution in [-0.2, 0) is 11.2 Å². The van der Waals surface area contributed by atoms with Crippen LogP contribution >= 0.6 is 0 Å². The Morgan fingerprint density at radius 1 is 1.08 bits per heavy atom. The van der Waals surface area contributed by atoms with Crippen LogP contribution < -0.4 is 14.8 Å². The highest BCUT2D eigenvalue weighted by molar-refractivity contribution is 5.76. The fourth-order valence-corrected chi connectivity index (χ4v) is 2.80. The van der Waals surface area contributed by atoms with E-state index in [1.165, 1.54) is 5.56 Å². The molecule has 126 valence electrons. The first-order valence-corrected chi connectivity index (χ1v) is 8.49. The molecule has 1 atom stereocenters. The summed E-state index contributed by atoms with van der Waals surface area (Å²) in [5.74, 6) is 1.58. The van der Waals surface area contributed by atoms with Gasteiger partial charge < -0.3 is 14.8 Å². The number of benzene rings is 2. The van der Waals surface area contributed by atoms with Crippen molar-refractivity contribution in [1.82, 2.24) is 5.32 Å². The zero-order valence-electron chi connectivity index (χ0n) is 14.0. The number of amides is 1. The summed E-state index contributed by atoms with van der Waals surface area (Å²) < 4.78 is 11.5. The largest absolute Gasteiger partial charge is 0.490 e. The van der Waals surface area contributed by atoms with Gasteiger partial charge in [0.05, 0.1) is 19.3 Å². The Labute approximate surface area is 142 Å². The lowest BCUT2D eigenvalue weighted by Crippen LogP contribution is -2.29. The van der Waals surface area contributed by atoms with Crippen LogP contribution in [0.3, 0.4) is 0 Å². The normalized spacial score (nSPS) is 14.5. The van der Waals surface area contributed by atoms with Crippen LogP contribution in [0.5, 0.6) is 11.5 Å². The molecule has 0 spiro atoms. The Balaban J connectivity index is 1.86. The molecule has 0 fully saturated rings. The lowest BCUT2D eigenvalue weighted by Gasteiger charge is -2.20. The highest BCUT2D eigenvalue weighted by Gasteiger charge is 2.18. The second-order valence-electron chi connectivity index (χ2n) is 5.92. The summed E-state index contributed by atoms with van der Waals surface area (Å²) in [6.07, 6.45) is 2.09. The summed E-state index contributed by atoms with van der Waals surface area (Å²) in [7, 11) is 0. The molecule has 4 heteroatoms. The van der Waals surface area contributed by atoms with Gasteiger partial charge in [-0.25, -0.2) is 0 Å². The summed E-state index contributed by atoms with van der Waals surface area (Å²) >= 11 is 0. The number of fused-ring (bicyclic) bond motifs is 1. The van der Waals surface area contributed by atoms with Gasteiger partial charge in [-0.15, -0.1) is 0 Å². The zero-order chi connectivity index (χ0) is 16.8. The lowest BCUT2D eigenvalue weighted by atomic mass is 9.98. The molecule has 1 amide bonds. The maximum Gasteiger partial charge on any atom is 0.220 e. The van der Waals surface area contributed by atoms with Gasteiger partial charge >= 0.3 is 0 Å². The number of hydrogen-bond donors (Lipinski definition) is 1. The van der Waals surface area contributed by atoms with Crippen molar-refractivity contribution in [2.45, 2.75) is 32.2 Å². The maximum absolute atomic E-state index is 12.0. The number of carbonyl (C=O) groups is 1. The van der Waals surface area contributed by atoms with Gasteiger partial charge in [0.1, 0.15) is 0 Å². The summed E-state index contributed by atoms with van der Waals surface area (Å²) in [6.45, 7) is 3.19. The third-order valence-corrected chi connectivity index (χ3v) is 4.11. The van der Waals surface area contributed by atoms with Crippen molar-refractivity contribution in [2.75, 3.05) is 13.2 Å². The summed E-state index contributed by atoms with van der Waals surface area (Å²) in [4.78, 5) is 12.0. The van der Waals surface area contributed by atoms with E-state index in [4.69, 9.17) is 9.47 Å². The molecular weight excluding hydrogens is 302 g/mol. The van der Waals surface area contributed by atoms with E-state index in [1.54, 1.807) is 0 Å². The first-order valence-electron chi connectivity index (χ1n) is 8.49. The van der Waals surface area contributed by atoms with Crippen LogP contribution in [0.25, 0.3) is 0 Å². The van der Waals surface area contributed by atoms with E-state index in [1.807, 2.05) is 43.3 Å². The monoisotopic (exact) mass is 325 g/mol. The summed E-state index contributed by atoms with van der Waals surface area (Å²) in [5.41, 5.74) is 2.22. The zero-order valence-corrected chi connectivity index (χ0v) is 14.0. The summed E-state index contributed by atoms with van der Waals surface area (Å²) in [6, 6.07) is 16.0. The Bertz CT molecular complexity index is 685. The van der Waals surface area contributed by atoms with Crippen LogP contribution in [0.2, 0.25) is 0 Å². The van der Waals surface area contributed by atoms with Crippen molar-refractivity contribution < 1.29 is 14.3 Å².